The van der Waals surface area contributed by atoms with Crippen LogP contribution in [0.1, 0.15) is 31.4 Å². The summed E-state index contributed by atoms with van der Waals surface area (Å²) < 4.78 is 7.27. The molecule has 2 aromatic heterocycles. The van der Waals surface area contributed by atoms with Gasteiger partial charge in [-0.1, -0.05) is 12.8 Å². The molecule has 0 amide bonds. The Balaban J connectivity index is 1.59. The maximum absolute atomic E-state index is 10.2. The van der Waals surface area contributed by atoms with Gasteiger partial charge in [0.2, 0.25) is 5.28 Å². The highest BCUT2D eigenvalue weighted by Crippen LogP contribution is 2.28. The van der Waals surface area contributed by atoms with Gasteiger partial charge in [0.1, 0.15) is 23.8 Å². The van der Waals surface area contributed by atoms with Gasteiger partial charge in [-0.2, -0.15) is 4.98 Å². The molecule has 4 N–H and O–H groups in total. The van der Waals surface area contributed by atoms with E-state index in [0.717, 1.165) is 24.1 Å². The fourth-order valence-corrected chi connectivity index (χ4v) is 4.06. The molecule has 4 atom stereocenters. The fourth-order valence-electron chi connectivity index (χ4n) is 3.90. The summed E-state index contributed by atoms with van der Waals surface area (Å²) in [7, 11) is 0. The topological polar surface area (TPSA) is 112 Å². The lowest BCUT2D eigenvalue weighted by Gasteiger charge is -2.16. The standard InChI is InChI=1S/C17H23ClN4O4/c18-17-20-16(19-9-3-1-2-4-9)11-6-5-10(22(11)21-17)7-12-14(24)15(25)13(8-23)26-12/h5-6,9,12-15,23-25H,1-4,7-8H2,(H,19,20,21)/t12-,13-,14+,15-/m1/s1. The van der Waals surface area contributed by atoms with Crippen LogP contribution in [0.25, 0.3) is 5.52 Å². The molecular formula is C17H23ClN4O4. The Morgan fingerprint density at radius 2 is 1.92 bits per heavy atom. The van der Waals surface area contributed by atoms with E-state index in [1.54, 1.807) is 4.52 Å². The molecule has 1 saturated carbocycles. The second-order valence-electron chi connectivity index (χ2n) is 7.06. The van der Waals surface area contributed by atoms with Crippen molar-refractivity contribution in [2.75, 3.05) is 11.9 Å². The molecule has 2 fully saturated rings. The third kappa shape index (κ3) is 3.27. The van der Waals surface area contributed by atoms with Crippen molar-refractivity contribution < 1.29 is 20.1 Å². The van der Waals surface area contributed by atoms with Crippen LogP contribution in [0.5, 0.6) is 0 Å². The number of ether oxygens (including phenoxy) is 1. The molecule has 0 bridgehead atoms. The van der Waals surface area contributed by atoms with Gasteiger partial charge in [0.05, 0.1) is 12.7 Å². The molecule has 4 rings (SSSR count). The second kappa shape index (κ2) is 7.28. The molecule has 1 aliphatic heterocycles. The predicted octanol–water partition coefficient (Wildman–Crippen LogP) is 0.761. The minimum atomic E-state index is -1.10. The SMILES string of the molecule is OC[C@H]1O[C@H](Cc2ccc3c(NC4CCCC4)nc(Cl)nn23)[C@H](O)[C@@H]1O. The average molecular weight is 383 g/mol. The number of anilines is 1. The third-order valence-electron chi connectivity index (χ3n) is 5.31. The van der Waals surface area contributed by atoms with E-state index in [-0.39, 0.29) is 11.9 Å². The molecule has 2 aliphatic rings. The lowest BCUT2D eigenvalue weighted by Crippen LogP contribution is -2.34. The number of aliphatic hydroxyl groups excluding tert-OH is 3. The monoisotopic (exact) mass is 382 g/mol. The first-order valence-electron chi connectivity index (χ1n) is 9.00. The molecule has 0 aromatic carbocycles. The highest BCUT2D eigenvalue weighted by Gasteiger charge is 2.42. The van der Waals surface area contributed by atoms with E-state index >= 15 is 0 Å². The predicted molar refractivity (Wildman–Crippen MR) is 95.3 cm³/mol. The summed E-state index contributed by atoms with van der Waals surface area (Å²) in [6.45, 7) is -0.340. The number of hydrogen-bond acceptors (Lipinski definition) is 7. The van der Waals surface area contributed by atoms with E-state index in [2.05, 4.69) is 15.4 Å². The lowest BCUT2D eigenvalue weighted by molar-refractivity contribution is -0.0218. The number of aromatic nitrogens is 3. The maximum Gasteiger partial charge on any atom is 0.243 e. The molecule has 8 nitrogen and oxygen atoms in total. The van der Waals surface area contributed by atoms with E-state index < -0.39 is 24.4 Å². The average Bonchev–Trinajstić information content (AvgIpc) is 3.32. The Labute approximate surface area is 155 Å². The summed E-state index contributed by atoms with van der Waals surface area (Å²) in [5.41, 5.74) is 1.59. The molecular weight excluding hydrogens is 360 g/mol. The van der Waals surface area contributed by atoms with Gasteiger partial charge in [-0.05, 0) is 36.6 Å². The zero-order valence-corrected chi connectivity index (χ0v) is 15.0. The Hall–Kier alpha value is -1.45. The van der Waals surface area contributed by atoms with E-state index in [0.29, 0.717) is 18.3 Å². The van der Waals surface area contributed by atoms with Crippen molar-refractivity contribution >= 4 is 22.9 Å². The van der Waals surface area contributed by atoms with Gasteiger partial charge in [-0.25, -0.2) is 4.52 Å². The van der Waals surface area contributed by atoms with Crippen LogP contribution in [0.15, 0.2) is 12.1 Å². The van der Waals surface area contributed by atoms with Gasteiger partial charge in [-0.3, -0.25) is 0 Å². The normalized spacial score (nSPS) is 29.7. The van der Waals surface area contributed by atoms with Crippen molar-refractivity contribution in [1.29, 1.82) is 0 Å². The Bertz CT molecular complexity index is 779. The molecule has 3 heterocycles. The van der Waals surface area contributed by atoms with Crippen LogP contribution in [0.4, 0.5) is 5.82 Å². The van der Waals surface area contributed by atoms with Crippen LogP contribution in [0, 0.1) is 0 Å². The van der Waals surface area contributed by atoms with E-state index in [1.165, 1.54) is 12.8 Å². The van der Waals surface area contributed by atoms with Crippen LogP contribution in [0.3, 0.4) is 0 Å². The number of aliphatic hydroxyl groups is 3. The minimum Gasteiger partial charge on any atom is -0.394 e. The molecule has 0 unspecified atom stereocenters. The summed E-state index contributed by atoms with van der Waals surface area (Å²) in [5, 5.41) is 37.2. The van der Waals surface area contributed by atoms with E-state index in [4.69, 9.17) is 16.3 Å². The van der Waals surface area contributed by atoms with E-state index in [9.17, 15) is 15.3 Å². The van der Waals surface area contributed by atoms with Gasteiger partial charge in [0, 0.05) is 18.2 Å². The summed E-state index contributed by atoms with van der Waals surface area (Å²) in [4.78, 5) is 4.33. The summed E-state index contributed by atoms with van der Waals surface area (Å²) in [6.07, 6.45) is 1.42. The van der Waals surface area contributed by atoms with Gasteiger partial charge < -0.3 is 25.4 Å². The quantitative estimate of drug-likeness (QED) is 0.604. The van der Waals surface area contributed by atoms with Crippen molar-refractivity contribution in [3.63, 3.8) is 0 Å². The van der Waals surface area contributed by atoms with Crippen molar-refractivity contribution in [2.45, 2.75) is 62.6 Å². The van der Waals surface area contributed by atoms with Gasteiger partial charge in [-0.15, -0.1) is 5.10 Å². The maximum atomic E-state index is 10.2. The molecule has 9 heteroatoms. The smallest absolute Gasteiger partial charge is 0.243 e. The Morgan fingerprint density at radius 1 is 1.19 bits per heavy atom. The van der Waals surface area contributed by atoms with Crippen LogP contribution >= 0.6 is 11.6 Å². The number of hydrogen-bond donors (Lipinski definition) is 4. The number of nitrogens with zero attached hydrogens (tertiary/aromatic N) is 3. The first kappa shape index (κ1) is 17.9. The van der Waals surface area contributed by atoms with Crippen molar-refractivity contribution in [1.82, 2.24) is 14.6 Å². The van der Waals surface area contributed by atoms with Gasteiger partial charge >= 0.3 is 0 Å². The molecule has 142 valence electrons. The van der Waals surface area contributed by atoms with Crippen molar-refractivity contribution in [3.05, 3.63) is 23.1 Å². The molecule has 0 radical (unpaired) electrons. The zero-order valence-electron chi connectivity index (χ0n) is 14.3. The first-order valence-corrected chi connectivity index (χ1v) is 9.37. The molecule has 0 spiro atoms. The zero-order chi connectivity index (χ0) is 18.3. The summed E-state index contributed by atoms with van der Waals surface area (Å²) in [5.74, 6) is 0.698. The first-order chi connectivity index (χ1) is 12.6. The van der Waals surface area contributed by atoms with Gasteiger partial charge in [0.25, 0.3) is 0 Å². The Kier molecular flexibility index (Phi) is 5.02. The number of nitrogens with one attached hydrogen (secondary N) is 1. The molecule has 26 heavy (non-hydrogen) atoms. The lowest BCUT2D eigenvalue weighted by atomic mass is 10.0. The molecule has 1 saturated heterocycles. The highest BCUT2D eigenvalue weighted by atomic mass is 35.5. The number of halogens is 1. The largest absolute Gasteiger partial charge is 0.394 e. The van der Waals surface area contributed by atoms with Crippen molar-refractivity contribution in [3.8, 4) is 0 Å². The van der Waals surface area contributed by atoms with Crippen LogP contribution < -0.4 is 5.32 Å². The minimum absolute atomic E-state index is 0.136. The Morgan fingerprint density at radius 3 is 2.62 bits per heavy atom. The van der Waals surface area contributed by atoms with Crippen LogP contribution in [-0.4, -0.2) is 67.0 Å². The van der Waals surface area contributed by atoms with Crippen LogP contribution in [-0.2, 0) is 11.2 Å². The number of fused-ring (bicyclic) bond motifs is 1. The number of rotatable bonds is 5. The van der Waals surface area contributed by atoms with Crippen LogP contribution in [0.2, 0.25) is 5.28 Å². The summed E-state index contributed by atoms with van der Waals surface area (Å²) in [6, 6.07) is 4.18. The van der Waals surface area contributed by atoms with E-state index in [1.807, 2.05) is 12.1 Å². The third-order valence-corrected chi connectivity index (χ3v) is 5.47. The molecule has 2 aromatic rings. The second-order valence-corrected chi connectivity index (χ2v) is 7.40. The summed E-state index contributed by atoms with van der Waals surface area (Å²) >= 11 is 6.12. The highest BCUT2D eigenvalue weighted by molar-refractivity contribution is 6.28. The van der Waals surface area contributed by atoms with Crippen molar-refractivity contribution in [2.24, 2.45) is 0 Å². The molecule has 1 aliphatic carbocycles. The fraction of sp³-hybridized carbons (Fsp3) is 0.647. The van der Waals surface area contributed by atoms with Gasteiger partial charge in [0.15, 0.2) is 5.82 Å².